The molecule has 7 heteroatoms. The lowest BCUT2D eigenvalue weighted by Gasteiger charge is -2.09. The van der Waals surface area contributed by atoms with Crippen LogP contribution in [-0.2, 0) is 14.9 Å². The van der Waals surface area contributed by atoms with Crippen molar-refractivity contribution in [2.45, 2.75) is 13.0 Å². The Kier molecular flexibility index (Phi) is 6.17. The van der Waals surface area contributed by atoms with Crippen LogP contribution < -0.4 is 15.2 Å². The average molecular weight is 211 g/mol. The predicted molar refractivity (Wildman–Crippen MR) is 50.5 cm³/mol. The molecule has 0 aliphatic heterocycles. The van der Waals surface area contributed by atoms with E-state index in [1.807, 2.05) is 0 Å². The molecule has 0 aromatic heterocycles. The van der Waals surface area contributed by atoms with Crippen molar-refractivity contribution in [3.63, 3.8) is 0 Å². The number of ether oxygens (including phenoxy) is 1. The van der Waals surface area contributed by atoms with Crippen LogP contribution in [-0.4, -0.2) is 41.3 Å². The number of rotatable bonds is 7. The van der Waals surface area contributed by atoms with E-state index in [0.29, 0.717) is 6.61 Å². The summed E-state index contributed by atoms with van der Waals surface area (Å²) in [5.74, 6) is 0. The number of nitrogens with one attached hydrogen (secondary N) is 2. The van der Waals surface area contributed by atoms with E-state index in [1.165, 1.54) is 7.11 Å². The summed E-state index contributed by atoms with van der Waals surface area (Å²) in [7, 11) is -1.91. The molecule has 0 aromatic carbocycles. The standard InChI is InChI=1S/C6H17N3O3S/c1-6(7)5-9-13(10,11)8-3-4-12-2/h6,8-9H,3-5,7H2,1-2H3. The molecule has 0 aromatic rings. The van der Waals surface area contributed by atoms with Crippen molar-refractivity contribution in [1.82, 2.24) is 9.44 Å². The highest BCUT2D eigenvalue weighted by molar-refractivity contribution is 7.87. The normalized spacial score (nSPS) is 14.4. The maximum absolute atomic E-state index is 11.1. The number of hydrogen-bond acceptors (Lipinski definition) is 4. The van der Waals surface area contributed by atoms with Gasteiger partial charge in [0.1, 0.15) is 0 Å². The summed E-state index contributed by atoms with van der Waals surface area (Å²) in [6.07, 6.45) is 0. The Morgan fingerprint density at radius 1 is 1.46 bits per heavy atom. The first-order valence-electron chi connectivity index (χ1n) is 3.96. The van der Waals surface area contributed by atoms with Gasteiger partial charge >= 0.3 is 0 Å². The maximum Gasteiger partial charge on any atom is 0.277 e. The monoisotopic (exact) mass is 211 g/mol. The van der Waals surface area contributed by atoms with Gasteiger partial charge in [-0.3, -0.25) is 0 Å². The summed E-state index contributed by atoms with van der Waals surface area (Å²) < 4.78 is 31.4. The van der Waals surface area contributed by atoms with Gasteiger partial charge in [0.2, 0.25) is 0 Å². The third-order valence-electron chi connectivity index (χ3n) is 1.19. The minimum absolute atomic E-state index is 0.195. The average Bonchev–Trinajstić information content (AvgIpc) is 2.02. The first kappa shape index (κ1) is 12.8. The van der Waals surface area contributed by atoms with E-state index in [2.05, 4.69) is 14.2 Å². The highest BCUT2D eigenvalue weighted by Gasteiger charge is 2.08. The van der Waals surface area contributed by atoms with Gasteiger partial charge in [-0.1, -0.05) is 0 Å². The highest BCUT2D eigenvalue weighted by atomic mass is 32.2. The quantitative estimate of drug-likeness (QED) is 0.442. The van der Waals surface area contributed by atoms with Crippen molar-refractivity contribution in [3.05, 3.63) is 0 Å². The molecule has 0 bridgehead atoms. The van der Waals surface area contributed by atoms with Crippen LogP contribution in [0.25, 0.3) is 0 Å². The zero-order valence-electron chi connectivity index (χ0n) is 7.91. The molecule has 0 radical (unpaired) electrons. The van der Waals surface area contributed by atoms with Gasteiger partial charge < -0.3 is 10.5 Å². The van der Waals surface area contributed by atoms with Gasteiger partial charge in [0.05, 0.1) is 6.61 Å². The van der Waals surface area contributed by atoms with Crippen molar-refractivity contribution in [2.24, 2.45) is 5.73 Å². The third-order valence-corrected chi connectivity index (χ3v) is 2.32. The third kappa shape index (κ3) is 8.13. The van der Waals surface area contributed by atoms with Crippen LogP contribution in [0.5, 0.6) is 0 Å². The van der Waals surface area contributed by atoms with E-state index in [-0.39, 0.29) is 19.1 Å². The molecule has 13 heavy (non-hydrogen) atoms. The fourth-order valence-corrected chi connectivity index (χ4v) is 1.51. The number of hydrogen-bond donors (Lipinski definition) is 3. The SMILES string of the molecule is COCCNS(=O)(=O)NCC(C)N. The van der Waals surface area contributed by atoms with E-state index in [0.717, 1.165) is 0 Å². The molecule has 0 fully saturated rings. The summed E-state index contributed by atoms with van der Waals surface area (Å²) in [5.41, 5.74) is 5.38. The van der Waals surface area contributed by atoms with Crippen LogP contribution >= 0.6 is 0 Å². The number of nitrogens with two attached hydrogens (primary N) is 1. The Balaban J connectivity index is 3.68. The number of methoxy groups -OCH3 is 1. The van der Waals surface area contributed by atoms with Crippen molar-refractivity contribution in [1.29, 1.82) is 0 Å². The summed E-state index contributed by atoms with van der Waals surface area (Å²) in [6.45, 7) is 2.55. The molecule has 1 unspecified atom stereocenters. The maximum atomic E-state index is 11.1. The second kappa shape index (κ2) is 6.28. The molecule has 0 aliphatic carbocycles. The van der Waals surface area contributed by atoms with E-state index >= 15 is 0 Å². The van der Waals surface area contributed by atoms with Gasteiger partial charge in [0.15, 0.2) is 0 Å². The Morgan fingerprint density at radius 2 is 2.08 bits per heavy atom. The molecular formula is C6H17N3O3S. The van der Waals surface area contributed by atoms with Crippen molar-refractivity contribution < 1.29 is 13.2 Å². The van der Waals surface area contributed by atoms with Gasteiger partial charge in [0.25, 0.3) is 10.2 Å². The van der Waals surface area contributed by atoms with Crippen LogP contribution in [0.1, 0.15) is 6.92 Å². The van der Waals surface area contributed by atoms with Crippen molar-refractivity contribution in [2.75, 3.05) is 26.8 Å². The summed E-state index contributed by atoms with van der Waals surface area (Å²) in [5, 5.41) is 0. The van der Waals surface area contributed by atoms with Crippen molar-refractivity contribution >= 4 is 10.2 Å². The predicted octanol–water partition coefficient (Wildman–Crippen LogP) is -1.60. The second-order valence-corrected chi connectivity index (χ2v) is 4.30. The first-order chi connectivity index (χ1) is 5.98. The lowest BCUT2D eigenvalue weighted by atomic mass is 10.4. The summed E-state index contributed by atoms with van der Waals surface area (Å²) in [6, 6.07) is -0.195. The van der Waals surface area contributed by atoms with E-state index in [1.54, 1.807) is 6.92 Å². The molecule has 4 N–H and O–H groups in total. The summed E-state index contributed by atoms with van der Waals surface area (Å²) >= 11 is 0. The smallest absolute Gasteiger partial charge is 0.277 e. The first-order valence-corrected chi connectivity index (χ1v) is 5.45. The molecule has 0 rings (SSSR count). The molecule has 0 amide bonds. The zero-order chi connectivity index (χ0) is 10.3. The van der Waals surface area contributed by atoms with E-state index in [9.17, 15) is 8.42 Å². The topological polar surface area (TPSA) is 93.4 Å². The van der Waals surface area contributed by atoms with Gasteiger partial charge in [-0.25, -0.2) is 4.72 Å². The minimum atomic E-state index is -3.41. The highest BCUT2D eigenvalue weighted by Crippen LogP contribution is 1.78. The molecule has 80 valence electrons. The van der Waals surface area contributed by atoms with Gasteiger partial charge in [0, 0.05) is 26.2 Å². The Bertz CT molecular complexity index is 215. The van der Waals surface area contributed by atoms with Crippen LogP contribution in [0.3, 0.4) is 0 Å². The van der Waals surface area contributed by atoms with E-state index < -0.39 is 10.2 Å². The van der Waals surface area contributed by atoms with Crippen molar-refractivity contribution in [3.8, 4) is 0 Å². The molecule has 0 saturated carbocycles. The largest absolute Gasteiger partial charge is 0.383 e. The molecule has 0 saturated heterocycles. The molecule has 6 nitrogen and oxygen atoms in total. The molecule has 0 aliphatic rings. The lowest BCUT2D eigenvalue weighted by molar-refractivity contribution is 0.204. The Hall–Kier alpha value is -0.210. The van der Waals surface area contributed by atoms with Crippen LogP contribution in [0.4, 0.5) is 0 Å². The molecular weight excluding hydrogens is 194 g/mol. The van der Waals surface area contributed by atoms with Gasteiger partial charge in [-0.15, -0.1) is 0 Å². The van der Waals surface area contributed by atoms with Gasteiger partial charge in [-0.2, -0.15) is 13.1 Å². The van der Waals surface area contributed by atoms with Crippen LogP contribution in [0.15, 0.2) is 0 Å². The fourth-order valence-electron chi connectivity index (χ4n) is 0.570. The van der Waals surface area contributed by atoms with Gasteiger partial charge in [-0.05, 0) is 6.92 Å². The minimum Gasteiger partial charge on any atom is -0.383 e. The molecule has 0 spiro atoms. The zero-order valence-corrected chi connectivity index (χ0v) is 8.73. The summed E-state index contributed by atoms with van der Waals surface area (Å²) in [4.78, 5) is 0. The Labute approximate surface area is 79.0 Å². The lowest BCUT2D eigenvalue weighted by Crippen LogP contribution is -2.42. The second-order valence-electron chi connectivity index (χ2n) is 2.72. The Morgan fingerprint density at radius 3 is 2.54 bits per heavy atom. The van der Waals surface area contributed by atoms with Crippen LogP contribution in [0, 0.1) is 0 Å². The fraction of sp³-hybridized carbons (Fsp3) is 1.00. The molecule has 1 atom stereocenters. The van der Waals surface area contributed by atoms with Crippen LogP contribution in [0.2, 0.25) is 0 Å². The van der Waals surface area contributed by atoms with E-state index in [4.69, 9.17) is 5.73 Å². The molecule has 0 heterocycles.